The smallest absolute Gasteiger partial charge is 0.343 e. The second-order valence-electron chi connectivity index (χ2n) is 4.00. The molecule has 0 amide bonds. The lowest BCUT2D eigenvalue weighted by Crippen LogP contribution is -2.31. The van der Waals surface area contributed by atoms with Gasteiger partial charge in [-0.25, -0.2) is 13.6 Å². The molecule has 0 saturated heterocycles. The van der Waals surface area contributed by atoms with Crippen molar-refractivity contribution in [1.29, 1.82) is 0 Å². The first-order valence-corrected chi connectivity index (χ1v) is 4.64. The second kappa shape index (κ2) is 4.17. The standard InChI is InChI=1S/C11H13F2NO2/c1-11(2,14)6-4-5-7(12)8(9(6)13)10(15)16-3/h4-5H,14H2,1-3H3. The topological polar surface area (TPSA) is 52.3 Å². The van der Waals surface area contributed by atoms with Crippen LogP contribution in [-0.4, -0.2) is 13.1 Å². The minimum Gasteiger partial charge on any atom is -0.465 e. The van der Waals surface area contributed by atoms with E-state index in [0.717, 1.165) is 13.2 Å². The van der Waals surface area contributed by atoms with Gasteiger partial charge >= 0.3 is 5.97 Å². The van der Waals surface area contributed by atoms with E-state index in [1.165, 1.54) is 6.07 Å². The first kappa shape index (κ1) is 12.6. The van der Waals surface area contributed by atoms with Crippen molar-refractivity contribution in [3.63, 3.8) is 0 Å². The van der Waals surface area contributed by atoms with Crippen LogP contribution in [0.4, 0.5) is 8.78 Å². The van der Waals surface area contributed by atoms with Crippen molar-refractivity contribution in [2.75, 3.05) is 7.11 Å². The Kier molecular flexibility index (Phi) is 3.28. The molecule has 0 aliphatic rings. The lowest BCUT2D eigenvalue weighted by molar-refractivity contribution is 0.0589. The van der Waals surface area contributed by atoms with Crippen LogP contribution in [0.5, 0.6) is 0 Å². The van der Waals surface area contributed by atoms with Crippen LogP contribution < -0.4 is 5.73 Å². The van der Waals surface area contributed by atoms with Crippen LogP contribution in [0.15, 0.2) is 12.1 Å². The van der Waals surface area contributed by atoms with E-state index in [1.54, 1.807) is 13.8 Å². The summed E-state index contributed by atoms with van der Waals surface area (Å²) in [6, 6.07) is 2.22. The van der Waals surface area contributed by atoms with Crippen molar-refractivity contribution in [1.82, 2.24) is 0 Å². The number of methoxy groups -OCH3 is 1. The Morgan fingerprint density at radius 1 is 1.38 bits per heavy atom. The van der Waals surface area contributed by atoms with Gasteiger partial charge in [-0.15, -0.1) is 0 Å². The highest BCUT2D eigenvalue weighted by atomic mass is 19.1. The summed E-state index contributed by atoms with van der Waals surface area (Å²) in [7, 11) is 1.06. The largest absolute Gasteiger partial charge is 0.465 e. The Balaban J connectivity index is 3.45. The normalized spacial score (nSPS) is 11.4. The van der Waals surface area contributed by atoms with Crippen molar-refractivity contribution in [3.05, 3.63) is 34.9 Å². The number of carbonyl (C=O) groups excluding carboxylic acids is 1. The molecule has 2 N–H and O–H groups in total. The van der Waals surface area contributed by atoms with E-state index in [1.807, 2.05) is 0 Å². The third-order valence-corrected chi connectivity index (χ3v) is 2.17. The molecule has 3 nitrogen and oxygen atoms in total. The summed E-state index contributed by atoms with van der Waals surface area (Å²) >= 11 is 0. The fourth-order valence-electron chi connectivity index (χ4n) is 1.34. The van der Waals surface area contributed by atoms with Crippen LogP contribution in [0.3, 0.4) is 0 Å². The monoisotopic (exact) mass is 229 g/mol. The van der Waals surface area contributed by atoms with Crippen molar-refractivity contribution in [2.45, 2.75) is 19.4 Å². The molecule has 1 aromatic rings. The van der Waals surface area contributed by atoms with E-state index in [2.05, 4.69) is 4.74 Å². The summed E-state index contributed by atoms with van der Waals surface area (Å²) in [4.78, 5) is 11.2. The van der Waals surface area contributed by atoms with Gasteiger partial charge in [0.2, 0.25) is 0 Å². The molecule has 0 spiro atoms. The summed E-state index contributed by atoms with van der Waals surface area (Å²) in [6.45, 7) is 3.12. The van der Waals surface area contributed by atoms with Crippen LogP contribution in [0.25, 0.3) is 0 Å². The summed E-state index contributed by atoms with van der Waals surface area (Å²) in [5.41, 5.74) is 4.06. The van der Waals surface area contributed by atoms with Gasteiger partial charge < -0.3 is 10.5 Å². The molecule has 5 heteroatoms. The molecular formula is C11H13F2NO2. The maximum atomic E-state index is 13.8. The SMILES string of the molecule is COC(=O)c1c(F)ccc(C(C)(C)N)c1F. The lowest BCUT2D eigenvalue weighted by atomic mass is 9.93. The zero-order valence-electron chi connectivity index (χ0n) is 9.30. The molecule has 0 fully saturated rings. The Morgan fingerprint density at radius 2 is 1.94 bits per heavy atom. The molecule has 16 heavy (non-hydrogen) atoms. The van der Waals surface area contributed by atoms with Crippen molar-refractivity contribution in [3.8, 4) is 0 Å². The van der Waals surface area contributed by atoms with Crippen LogP contribution in [-0.2, 0) is 10.3 Å². The summed E-state index contributed by atoms with van der Waals surface area (Å²) < 4.78 is 31.4. The third kappa shape index (κ3) is 2.19. The number of nitrogens with two attached hydrogens (primary N) is 1. The van der Waals surface area contributed by atoms with E-state index in [4.69, 9.17) is 5.73 Å². The number of ether oxygens (including phenoxy) is 1. The predicted octanol–water partition coefficient (Wildman–Crippen LogP) is 1.95. The van der Waals surface area contributed by atoms with Gasteiger partial charge in [0.1, 0.15) is 17.2 Å². The van der Waals surface area contributed by atoms with Gasteiger partial charge in [-0.3, -0.25) is 0 Å². The van der Waals surface area contributed by atoms with E-state index in [9.17, 15) is 13.6 Å². The quantitative estimate of drug-likeness (QED) is 0.788. The Labute approximate surface area is 92.2 Å². The number of rotatable bonds is 2. The molecule has 0 atom stereocenters. The van der Waals surface area contributed by atoms with Gasteiger partial charge in [-0.05, 0) is 19.9 Å². The molecule has 88 valence electrons. The van der Waals surface area contributed by atoms with Gasteiger partial charge in [0, 0.05) is 11.1 Å². The van der Waals surface area contributed by atoms with Crippen LogP contribution in [0.2, 0.25) is 0 Å². The van der Waals surface area contributed by atoms with E-state index < -0.39 is 28.7 Å². The van der Waals surface area contributed by atoms with E-state index in [0.29, 0.717) is 0 Å². The Morgan fingerprint density at radius 3 is 2.38 bits per heavy atom. The van der Waals surface area contributed by atoms with Gasteiger partial charge in [-0.2, -0.15) is 0 Å². The zero-order chi connectivity index (χ0) is 12.5. The molecule has 0 bridgehead atoms. The van der Waals surface area contributed by atoms with E-state index >= 15 is 0 Å². The van der Waals surface area contributed by atoms with Gasteiger partial charge in [0.15, 0.2) is 0 Å². The molecular weight excluding hydrogens is 216 g/mol. The number of esters is 1. The maximum Gasteiger partial charge on any atom is 0.343 e. The van der Waals surface area contributed by atoms with E-state index in [-0.39, 0.29) is 5.56 Å². The molecule has 0 radical (unpaired) electrons. The van der Waals surface area contributed by atoms with Crippen molar-refractivity contribution >= 4 is 5.97 Å². The number of hydrogen-bond donors (Lipinski definition) is 1. The highest BCUT2D eigenvalue weighted by Gasteiger charge is 2.26. The number of carbonyl (C=O) groups is 1. The van der Waals surface area contributed by atoms with Crippen LogP contribution in [0, 0.1) is 11.6 Å². The van der Waals surface area contributed by atoms with Crippen molar-refractivity contribution in [2.24, 2.45) is 5.73 Å². The summed E-state index contributed by atoms with van der Waals surface area (Å²) in [5, 5.41) is 0. The molecule has 1 rings (SSSR count). The highest BCUT2D eigenvalue weighted by molar-refractivity contribution is 5.90. The predicted molar refractivity (Wildman–Crippen MR) is 54.9 cm³/mol. The number of hydrogen-bond acceptors (Lipinski definition) is 3. The first-order valence-electron chi connectivity index (χ1n) is 4.64. The Hall–Kier alpha value is -1.49. The molecule has 0 unspecified atom stereocenters. The molecule has 0 heterocycles. The molecule has 1 aromatic carbocycles. The van der Waals surface area contributed by atoms with Crippen LogP contribution >= 0.6 is 0 Å². The minimum absolute atomic E-state index is 0.0642. The fourth-order valence-corrected chi connectivity index (χ4v) is 1.34. The van der Waals surface area contributed by atoms with Gasteiger partial charge in [0.25, 0.3) is 0 Å². The highest BCUT2D eigenvalue weighted by Crippen LogP contribution is 2.25. The third-order valence-electron chi connectivity index (χ3n) is 2.17. The van der Waals surface area contributed by atoms with Gasteiger partial charge in [-0.1, -0.05) is 6.07 Å². The number of benzene rings is 1. The average Bonchev–Trinajstić information content (AvgIpc) is 2.15. The fraction of sp³-hybridized carbons (Fsp3) is 0.364. The lowest BCUT2D eigenvalue weighted by Gasteiger charge is -2.20. The summed E-state index contributed by atoms with van der Waals surface area (Å²) in [5.74, 6) is -2.99. The maximum absolute atomic E-state index is 13.8. The Bertz CT molecular complexity index is 425. The number of halogens is 2. The second-order valence-corrected chi connectivity index (χ2v) is 4.00. The van der Waals surface area contributed by atoms with Crippen LogP contribution in [0.1, 0.15) is 29.8 Å². The summed E-state index contributed by atoms with van der Waals surface area (Å²) in [6.07, 6.45) is 0. The molecule has 0 aliphatic carbocycles. The zero-order valence-corrected chi connectivity index (χ0v) is 9.30. The minimum atomic E-state index is -1.05. The molecule has 0 saturated carbocycles. The van der Waals surface area contributed by atoms with Crippen molar-refractivity contribution < 1.29 is 18.3 Å². The van der Waals surface area contributed by atoms with Gasteiger partial charge in [0.05, 0.1) is 7.11 Å². The first-order chi connectivity index (χ1) is 7.29. The average molecular weight is 229 g/mol. The molecule has 0 aliphatic heterocycles. The molecule has 0 aromatic heterocycles.